The molecule has 61 heavy (non-hydrogen) atoms. The number of amides is 5. The van der Waals surface area contributed by atoms with Crippen LogP contribution in [0, 0.1) is 32.5 Å². The third-order valence-electron chi connectivity index (χ3n) is 17.1. The zero-order valence-electron chi connectivity index (χ0n) is 37.4. The number of carbonyl (C=O) groups excluding carboxylic acids is 5. The zero-order valence-corrected chi connectivity index (χ0v) is 37.4. The first-order chi connectivity index (χ1) is 29.4. The Balaban J connectivity index is 1.09. The van der Waals surface area contributed by atoms with E-state index in [1.807, 2.05) is 0 Å². The van der Waals surface area contributed by atoms with Crippen molar-refractivity contribution in [2.75, 3.05) is 39.3 Å². The van der Waals surface area contributed by atoms with Crippen LogP contribution in [-0.4, -0.2) is 79.9 Å². The van der Waals surface area contributed by atoms with E-state index in [-0.39, 0.29) is 62.3 Å². The van der Waals surface area contributed by atoms with E-state index in [1.54, 1.807) is 0 Å². The lowest BCUT2D eigenvalue weighted by Crippen LogP contribution is -2.58. The van der Waals surface area contributed by atoms with Gasteiger partial charge in [0.25, 0.3) is 0 Å². The fraction of sp³-hybridized carbons (Fsp3) is 0.875. The molecule has 13 heteroatoms. The van der Waals surface area contributed by atoms with Gasteiger partial charge in [-0.05, 0) is 77.0 Å². The molecule has 0 aliphatic heterocycles. The van der Waals surface area contributed by atoms with E-state index in [2.05, 4.69) is 26.6 Å². The standard InChI is InChI=1S/C48H80N6O7/c49-31-43(19-7-1-8-20-43)37(55)50-32-44(21-9-2-10-22-44)38(56)51-33-45(23-11-3-12-24-45)39(57)52-34-46(25-13-4-14-26-46)40(58)53-35-47(27-15-5-16-28-47)41(59)54-36-48(42(60)61)29-17-6-18-30-48/h1-36,49H2,(H,50,55)(H,51,56)(H,52,57)(H,53,58)(H,54,59)(H,60,61). The normalized spacial score (nSPS) is 25.1. The Morgan fingerprint density at radius 2 is 0.492 bits per heavy atom. The molecule has 8 N–H and O–H groups in total. The summed E-state index contributed by atoms with van der Waals surface area (Å²) in [7, 11) is 0. The summed E-state index contributed by atoms with van der Waals surface area (Å²) in [5.74, 6) is -1.37. The van der Waals surface area contributed by atoms with Gasteiger partial charge in [-0.1, -0.05) is 116 Å². The van der Waals surface area contributed by atoms with Crippen molar-refractivity contribution in [2.45, 2.75) is 193 Å². The Labute approximate surface area is 365 Å². The quantitative estimate of drug-likeness (QED) is 0.0880. The van der Waals surface area contributed by atoms with Gasteiger partial charge >= 0.3 is 5.97 Å². The highest BCUT2D eigenvalue weighted by atomic mass is 16.4. The van der Waals surface area contributed by atoms with Crippen LogP contribution in [0.1, 0.15) is 193 Å². The van der Waals surface area contributed by atoms with Crippen LogP contribution in [0.15, 0.2) is 0 Å². The molecule has 0 aromatic carbocycles. The van der Waals surface area contributed by atoms with Gasteiger partial charge in [-0.3, -0.25) is 28.8 Å². The number of carbonyl (C=O) groups is 6. The summed E-state index contributed by atoms with van der Waals surface area (Å²) in [5, 5.41) is 26.2. The molecule has 6 fully saturated rings. The first-order valence-corrected chi connectivity index (χ1v) is 24.7. The van der Waals surface area contributed by atoms with Gasteiger partial charge in [-0.25, -0.2) is 0 Å². The van der Waals surface area contributed by atoms with Crippen molar-refractivity contribution in [1.82, 2.24) is 26.6 Å². The molecule has 0 saturated heterocycles. The Morgan fingerprint density at radius 3 is 0.705 bits per heavy atom. The number of nitrogens with one attached hydrogen (secondary N) is 5. The molecule has 0 radical (unpaired) electrons. The molecule has 5 amide bonds. The maximum absolute atomic E-state index is 14.5. The summed E-state index contributed by atoms with van der Waals surface area (Å²) < 4.78 is 0. The lowest BCUT2D eigenvalue weighted by atomic mass is 9.70. The molecule has 6 saturated carbocycles. The molecular formula is C48H80N6O7. The number of rotatable bonds is 17. The summed E-state index contributed by atoms with van der Waals surface area (Å²) in [6, 6.07) is 0. The minimum Gasteiger partial charge on any atom is -0.481 e. The van der Waals surface area contributed by atoms with Gasteiger partial charge in [0.15, 0.2) is 0 Å². The van der Waals surface area contributed by atoms with E-state index in [1.165, 1.54) is 0 Å². The molecule has 0 aromatic heterocycles. The molecule has 0 bridgehead atoms. The van der Waals surface area contributed by atoms with Gasteiger partial charge in [0.1, 0.15) is 0 Å². The van der Waals surface area contributed by atoms with E-state index in [0.29, 0.717) is 70.8 Å². The van der Waals surface area contributed by atoms with Crippen LogP contribution in [-0.2, 0) is 28.8 Å². The first kappa shape index (κ1) is 47.3. The Hall–Kier alpha value is -3.22. The largest absolute Gasteiger partial charge is 0.481 e. The first-order valence-electron chi connectivity index (χ1n) is 24.7. The van der Waals surface area contributed by atoms with Crippen molar-refractivity contribution >= 4 is 35.5 Å². The second kappa shape index (κ2) is 21.0. The topological polar surface area (TPSA) is 209 Å². The van der Waals surface area contributed by atoms with Crippen LogP contribution < -0.4 is 32.3 Å². The van der Waals surface area contributed by atoms with E-state index < -0.39 is 38.5 Å². The predicted molar refractivity (Wildman–Crippen MR) is 235 cm³/mol. The number of carboxylic acid groups (broad SMARTS) is 1. The van der Waals surface area contributed by atoms with Gasteiger partial charge in [0.05, 0.1) is 32.5 Å². The van der Waals surface area contributed by atoms with Gasteiger partial charge < -0.3 is 37.4 Å². The van der Waals surface area contributed by atoms with E-state index in [9.17, 15) is 33.9 Å². The fourth-order valence-corrected chi connectivity index (χ4v) is 12.5. The average molecular weight is 853 g/mol. The number of carboxylic acids is 1. The number of hydrogen-bond donors (Lipinski definition) is 7. The molecule has 0 heterocycles. The maximum Gasteiger partial charge on any atom is 0.311 e. The van der Waals surface area contributed by atoms with Crippen LogP contribution >= 0.6 is 0 Å². The molecule has 6 aliphatic rings. The molecule has 0 aromatic rings. The van der Waals surface area contributed by atoms with Gasteiger partial charge in [-0.2, -0.15) is 0 Å². The zero-order chi connectivity index (χ0) is 43.5. The molecule has 0 atom stereocenters. The third kappa shape index (κ3) is 10.8. The predicted octanol–water partition coefficient (Wildman–Crippen LogP) is 6.31. The fourth-order valence-electron chi connectivity index (χ4n) is 12.5. The summed E-state index contributed by atoms with van der Waals surface area (Å²) in [6.45, 7) is 1.32. The minimum absolute atomic E-state index is 0.0308. The van der Waals surface area contributed by atoms with Crippen molar-refractivity contribution in [1.29, 1.82) is 0 Å². The van der Waals surface area contributed by atoms with Crippen LogP contribution in [0.2, 0.25) is 0 Å². The smallest absolute Gasteiger partial charge is 0.311 e. The van der Waals surface area contributed by atoms with E-state index >= 15 is 0 Å². The van der Waals surface area contributed by atoms with Crippen molar-refractivity contribution in [3.63, 3.8) is 0 Å². The van der Waals surface area contributed by atoms with Gasteiger partial charge in [0.2, 0.25) is 29.5 Å². The molecule has 0 spiro atoms. The van der Waals surface area contributed by atoms with Crippen LogP contribution in [0.3, 0.4) is 0 Å². The highest BCUT2D eigenvalue weighted by Gasteiger charge is 2.49. The maximum atomic E-state index is 14.5. The molecule has 344 valence electrons. The van der Waals surface area contributed by atoms with Gasteiger partial charge in [-0.15, -0.1) is 0 Å². The second-order valence-electron chi connectivity index (χ2n) is 21.0. The highest BCUT2D eigenvalue weighted by Crippen LogP contribution is 2.43. The lowest BCUT2D eigenvalue weighted by molar-refractivity contribution is -0.151. The van der Waals surface area contributed by atoms with E-state index in [0.717, 1.165) is 128 Å². The van der Waals surface area contributed by atoms with Crippen molar-refractivity contribution in [2.24, 2.45) is 38.2 Å². The number of aliphatic carboxylic acids is 1. The van der Waals surface area contributed by atoms with Crippen molar-refractivity contribution in [3.8, 4) is 0 Å². The monoisotopic (exact) mass is 853 g/mol. The van der Waals surface area contributed by atoms with Crippen molar-refractivity contribution < 1.29 is 33.9 Å². The lowest BCUT2D eigenvalue weighted by Gasteiger charge is -2.42. The molecular weight excluding hydrogens is 773 g/mol. The molecule has 6 aliphatic carbocycles. The van der Waals surface area contributed by atoms with Crippen LogP contribution in [0.25, 0.3) is 0 Å². The van der Waals surface area contributed by atoms with Crippen LogP contribution in [0.5, 0.6) is 0 Å². The summed E-state index contributed by atoms with van der Waals surface area (Å²) in [6.07, 6.45) is 24.9. The highest BCUT2D eigenvalue weighted by molar-refractivity contribution is 5.90. The molecule has 13 nitrogen and oxygen atoms in total. The van der Waals surface area contributed by atoms with Crippen LogP contribution in [0.4, 0.5) is 0 Å². The van der Waals surface area contributed by atoms with E-state index in [4.69, 9.17) is 5.73 Å². The third-order valence-corrected chi connectivity index (χ3v) is 17.1. The summed E-state index contributed by atoms with van der Waals surface area (Å²) in [4.78, 5) is 83.3. The summed E-state index contributed by atoms with van der Waals surface area (Å²) >= 11 is 0. The average Bonchev–Trinajstić information content (AvgIpc) is 3.31. The van der Waals surface area contributed by atoms with Gasteiger partial charge in [0, 0.05) is 39.3 Å². The Kier molecular flexibility index (Phi) is 16.2. The second-order valence-corrected chi connectivity index (χ2v) is 21.0. The number of nitrogens with two attached hydrogens (primary N) is 1. The summed E-state index contributed by atoms with van der Waals surface area (Å²) in [5.41, 5.74) is 1.56. The SMILES string of the molecule is NCC1(C(=O)NCC2(C(=O)NCC3(C(=O)NCC4(C(=O)NCC5(C(=O)NCC6(C(=O)O)CCCCC6)CCCCC5)CCCCC4)CCCCC3)CCCCC2)CCCCC1. The minimum atomic E-state index is -0.937. The molecule has 6 rings (SSSR count). The molecule has 0 unspecified atom stereocenters. The Morgan fingerprint density at radius 1 is 0.311 bits per heavy atom. The number of hydrogen-bond acceptors (Lipinski definition) is 7. The Bertz CT molecular complexity index is 1530. The van der Waals surface area contributed by atoms with Crippen molar-refractivity contribution in [3.05, 3.63) is 0 Å².